The molecule has 1 aromatic rings. The Hall–Kier alpha value is -0.950. The molecule has 0 aromatic heterocycles. The van der Waals surface area contributed by atoms with Crippen LogP contribution in [0.4, 0.5) is 8.78 Å². The number of halogens is 4. The van der Waals surface area contributed by atoms with E-state index in [4.69, 9.17) is 9.84 Å². The summed E-state index contributed by atoms with van der Waals surface area (Å²) in [7, 11) is 0. The van der Waals surface area contributed by atoms with Crippen molar-refractivity contribution in [2.45, 2.75) is 26.4 Å². The SMILES string of the molecule is CC.O=C(O)C1=Cc2cc(Br)cc(Br)c2OC1C(F)F. The van der Waals surface area contributed by atoms with Crippen LogP contribution in [0.25, 0.3) is 6.08 Å². The molecule has 0 bridgehead atoms. The zero-order chi connectivity index (χ0) is 15.4. The third-order valence-electron chi connectivity index (χ3n) is 2.38. The second kappa shape index (κ2) is 7.17. The number of benzene rings is 1. The molecule has 0 saturated heterocycles. The van der Waals surface area contributed by atoms with Crippen LogP contribution < -0.4 is 4.74 Å². The highest BCUT2D eigenvalue weighted by Crippen LogP contribution is 2.39. The number of carboxylic acids is 1. The fourth-order valence-electron chi connectivity index (χ4n) is 1.62. The fraction of sp³-hybridized carbons (Fsp3) is 0.308. The average Bonchev–Trinajstić information content (AvgIpc) is 2.39. The van der Waals surface area contributed by atoms with Crippen molar-refractivity contribution < 1.29 is 23.4 Å². The monoisotopic (exact) mass is 412 g/mol. The van der Waals surface area contributed by atoms with Crippen molar-refractivity contribution in [2.75, 3.05) is 0 Å². The van der Waals surface area contributed by atoms with E-state index < -0.39 is 24.1 Å². The van der Waals surface area contributed by atoms with Gasteiger partial charge in [-0.3, -0.25) is 0 Å². The van der Waals surface area contributed by atoms with Gasteiger partial charge in [-0.05, 0) is 34.1 Å². The van der Waals surface area contributed by atoms with Crippen molar-refractivity contribution in [1.82, 2.24) is 0 Å². The molecule has 0 radical (unpaired) electrons. The van der Waals surface area contributed by atoms with Crippen LogP contribution >= 0.6 is 31.9 Å². The zero-order valence-electron chi connectivity index (χ0n) is 10.7. The van der Waals surface area contributed by atoms with E-state index in [0.29, 0.717) is 14.5 Å². The lowest BCUT2D eigenvalue weighted by molar-refractivity contribution is -0.134. The predicted molar refractivity (Wildman–Crippen MR) is 79.2 cm³/mol. The summed E-state index contributed by atoms with van der Waals surface area (Å²) in [6.07, 6.45) is -3.46. The molecule has 2 rings (SSSR count). The Labute approximate surface area is 131 Å². The van der Waals surface area contributed by atoms with Gasteiger partial charge in [-0.15, -0.1) is 0 Å². The van der Waals surface area contributed by atoms with Gasteiger partial charge in [-0.2, -0.15) is 0 Å². The number of carbonyl (C=O) groups is 1. The van der Waals surface area contributed by atoms with Gasteiger partial charge in [-0.1, -0.05) is 29.8 Å². The van der Waals surface area contributed by atoms with Gasteiger partial charge in [0.25, 0.3) is 6.43 Å². The van der Waals surface area contributed by atoms with Crippen molar-refractivity contribution in [1.29, 1.82) is 0 Å². The summed E-state index contributed by atoms with van der Waals surface area (Å²) in [5, 5.41) is 8.92. The minimum absolute atomic E-state index is 0.216. The fourth-order valence-corrected chi connectivity index (χ4v) is 2.97. The first-order chi connectivity index (χ1) is 9.40. The molecule has 7 heteroatoms. The molecular weight excluding hydrogens is 402 g/mol. The summed E-state index contributed by atoms with van der Waals surface area (Å²) in [6, 6.07) is 3.24. The van der Waals surface area contributed by atoms with Crippen LogP contribution in [0.5, 0.6) is 5.75 Å². The standard InChI is InChI=1S/C11H6Br2F2O3.C2H6/c12-5-1-4-2-6(11(16)17)9(10(14)15)18-8(4)7(13)3-5;1-2/h1-3,9-10H,(H,16,17);1-2H3. The molecule has 1 aromatic carbocycles. The van der Waals surface area contributed by atoms with Crippen molar-refractivity contribution in [3.63, 3.8) is 0 Å². The van der Waals surface area contributed by atoms with Crippen LogP contribution in [-0.2, 0) is 4.79 Å². The highest BCUT2D eigenvalue weighted by atomic mass is 79.9. The molecule has 1 N–H and O–H groups in total. The molecular formula is C13H12Br2F2O3. The second-order valence-corrected chi connectivity index (χ2v) is 5.35. The molecule has 1 aliphatic heterocycles. The Balaban J connectivity index is 0.000000956. The minimum Gasteiger partial charge on any atom is -0.478 e. The van der Waals surface area contributed by atoms with Crippen LogP contribution in [-0.4, -0.2) is 23.6 Å². The van der Waals surface area contributed by atoms with E-state index in [9.17, 15) is 13.6 Å². The Morgan fingerprint density at radius 3 is 2.45 bits per heavy atom. The highest BCUT2D eigenvalue weighted by Gasteiger charge is 2.35. The first kappa shape index (κ1) is 17.1. The third-order valence-corrected chi connectivity index (χ3v) is 3.42. The van der Waals surface area contributed by atoms with Gasteiger partial charge in [0.1, 0.15) is 5.75 Å². The average molecular weight is 414 g/mol. The summed E-state index contributed by atoms with van der Waals surface area (Å²) in [5.41, 5.74) is -0.0203. The van der Waals surface area contributed by atoms with E-state index in [0.717, 1.165) is 0 Å². The van der Waals surface area contributed by atoms with E-state index in [-0.39, 0.29) is 5.75 Å². The van der Waals surface area contributed by atoms with Crippen molar-refractivity contribution >= 4 is 43.9 Å². The van der Waals surface area contributed by atoms with Crippen molar-refractivity contribution in [3.8, 4) is 5.75 Å². The second-order valence-electron chi connectivity index (χ2n) is 3.58. The van der Waals surface area contributed by atoms with Gasteiger partial charge in [0, 0.05) is 10.0 Å². The Morgan fingerprint density at radius 1 is 1.35 bits per heavy atom. The summed E-state index contributed by atoms with van der Waals surface area (Å²) in [4.78, 5) is 10.9. The summed E-state index contributed by atoms with van der Waals surface area (Å²) >= 11 is 6.42. The molecule has 0 spiro atoms. The zero-order valence-corrected chi connectivity index (χ0v) is 13.8. The Kier molecular flexibility index (Phi) is 6.13. The predicted octanol–water partition coefficient (Wildman–Crippen LogP) is 4.73. The van der Waals surface area contributed by atoms with E-state index >= 15 is 0 Å². The van der Waals surface area contributed by atoms with Gasteiger partial charge < -0.3 is 9.84 Å². The van der Waals surface area contributed by atoms with Crippen LogP contribution in [0.2, 0.25) is 0 Å². The first-order valence-corrected chi connectivity index (χ1v) is 7.37. The number of hydrogen-bond acceptors (Lipinski definition) is 2. The maximum absolute atomic E-state index is 12.8. The van der Waals surface area contributed by atoms with E-state index in [1.807, 2.05) is 13.8 Å². The van der Waals surface area contributed by atoms with Crippen LogP contribution in [0.3, 0.4) is 0 Å². The molecule has 110 valence electrons. The molecule has 1 unspecified atom stereocenters. The number of alkyl halides is 2. The van der Waals surface area contributed by atoms with Crippen LogP contribution in [0.1, 0.15) is 19.4 Å². The van der Waals surface area contributed by atoms with Gasteiger partial charge in [0.15, 0.2) is 6.10 Å². The number of rotatable bonds is 2. The van der Waals surface area contributed by atoms with Crippen LogP contribution in [0, 0.1) is 0 Å². The van der Waals surface area contributed by atoms with Crippen LogP contribution in [0.15, 0.2) is 26.7 Å². The molecule has 20 heavy (non-hydrogen) atoms. The smallest absolute Gasteiger partial charge is 0.335 e. The van der Waals surface area contributed by atoms with E-state index in [2.05, 4.69) is 31.9 Å². The molecule has 3 nitrogen and oxygen atoms in total. The van der Waals surface area contributed by atoms with Crippen molar-refractivity contribution in [2.24, 2.45) is 0 Å². The molecule has 0 amide bonds. The Bertz CT molecular complexity index is 545. The molecule has 1 atom stereocenters. The topological polar surface area (TPSA) is 46.5 Å². The number of carboxylic acid groups (broad SMARTS) is 1. The molecule has 0 saturated carbocycles. The molecule has 1 aliphatic rings. The quantitative estimate of drug-likeness (QED) is 0.762. The summed E-state index contributed by atoms with van der Waals surface area (Å²) in [5.74, 6) is -1.20. The van der Waals surface area contributed by atoms with Crippen molar-refractivity contribution in [3.05, 3.63) is 32.2 Å². The summed E-state index contributed by atoms with van der Waals surface area (Å²) in [6.45, 7) is 4.00. The molecule has 0 fully saturated rings. The van der Waals surface area contributed by atoms with E-state index in [1.54, 1.807) is 12.1 Å². The third kappa shape index (κ3) is 3.58. The minimum atomic E-state index is -2.91. The van der Waals surface area contributed by atoms with E-state index in [1.165, 1.54) is 6.08 Å². The molecule has 0 aliphatic carbocycles. The summed E-state index contributed by atoms with van der Waals surface area (Å²) < 4.78 is 31.8. The maximum atomic E-state index is 12.8. The van der Waals surface area contributed by atoms with Gasteiger partial charge in [0.05, 0.1) is 10.0 Å². The normalized spacial score (nSPS) is 16.6. The lowest BCUT2D eigenvalue weighted by atomic mass is 10.0. The number of ether oxygens (including phenoxy) is 1. The van der Waals surface area contributed by atoms with Gasteiger partial charge in [0.2, 0.25) is 0 Å². The largest absolute Gasteiger partial charge is 0.478 e. The molecule has 1 heterocycles. The highest BCUT2D eigenvalue weighted by molar-refractivity contribution is 9.11. The lowest BCUT2D eigenvalue weighted by Gasteiger charge is -2.25. The van der Waals surface area contributed by atoms with Gasteiger partial charge in [-0.25, -0.2) is 13.6 Å². The lowest BCUT2D eigenvalue weighted by Crippen LogP contribution is -2.33. The Morgan fingerprint density at radius 2 is 1.95 bits per heavy atom. The number of hydrogen-bond donors (Lipinski definition) is 1. The maximum Gasteiger partial charge on any atom is 0.335 e. The number of fused-ring (bicyclic) bond motifs is 1. The number of aliphatic carboxylic acids is 1. The first-order valence-electron chi connectivity index (χ1n) is 5.79. The van der Waals surface area contributed by atoms with Gasteiger partial charge >= 0.3 is 5.97 Å².